The van der Waals surface area contributed by atoms with Crippen LogP contribution in [0.15, 0.2) is 30.3 Å². The molecule has 0 saturated carbocycles. The largest absolute Gasteiger partial charge is 0.297 e. The highest BCUT2D eigenvalue weighted by atomic mass is 16.2. The molecule has 5 nitrogen and oxygen atoms in total. The second-order valence-corrected chi connectivity index (χ2v) is 7.78. The maximum Gasteiger partial charge on any atom is 0.259 e. The predicted octanol–water partition coefficient (Wildman–Crippen LogP) is 5.95. The van der Waals surface area contributed by atoms with Crippen LogP contribution in [0.2, 0.25) is 0 Å². The highest BCUT2D eigenvalue weighted by Gasteiger charge is 2.38. The van der Waals surface area contributed by atoms with Crippen LogP contribution in [0.1, 0.15) is 95.0 Å². The molecule has 2 aromatic carbocycles. The molecular formula is C26H36N2O3. The monoisotopic (exact) mass is 424 g/mol. The Morgan fingerprint density at radius 1 is 1.00 bits per heavy atom. The third-order valence-corrected chi connectivity index (χ3v) is 5.85. The van der Waals surface area contributed by atoms with Crippen molar-refractivity contribution in [3.8, 4) is 0 Å². The Balaban J connectivity index is 0.00000166. The number of carbonyl (C=O) groups excluding carboxylic acids is 3. The van der Waals surface area contributed by atoms with Crippen molar-refractivity contribution in [3.05, 3.63) is 41.5 Å². The molecule has 0 bridgehead atoms. The second-order valence-electron chi connectivity index (χ2n) is 7.78. The summed E-state index contributed by atoms with van der Waals surface area (Å²) in [5.41, 5.74) is 2.70. The molecule has 1 unspecified atom stereocenters. The van der Waals surface area contributed by atoms with Crippen molar-refractivity contribution in [1.82, 2.24) is 5.32 Å². The lowest BCUT2D eigenvalue weighted by atomic mass is 9.86. The van der Waals surface area contributed by atoms with Crippen molar-refractivity contribution in [1.29, 1.82) is 0 Å². The topological polar surface area (TPSA) is 66.5 Å². The van der Waals surface area contributed by atoms with Gasteiger partial charge in [0.2, 0.25) is 12.3 Å². The average Bonchev–Trinajstić information content (AvgIpc) is 3.07. The van der Waals surface area contributed by atoms with Crippen molar-refractivity contribution < 1.29 is 14.4 Å². The maximum atomic E-state index is 13.3. The zero-order chi connectivity index (χ0) is 23.0. The van der Waals surface area contributed by atoms with Gasteiger partial charge in [-0.3, -0.25) is 24.6 Å². The maximum absolute atomic E-state index is 13.3. The number of hydrogen-bond acceptors (Lipinski definition) is 3. The fourth-order valence-electron chi connectivity index (χ4n) is 4.65. The molecule has 168 valence electrons. The number of hydrogen-bond donors (Lipinski definition) is 1. The summed E-state index contributed by atoms with van der Waals surface area (Å²) < 4.78 is 0. The van der Waals surface area contributed by atoms with Crippen molar-refractivity contribution >= 4 is 34.7 Å². The van der Waals surface area contributed by atoms with Gasteiger partial charge in [0.1, 0.15) is 6.04 Å². The lowest BCUT2D eigenvalue weighted by molar-refractivity contribution is -0.126. The Kier molecular flexibility index (Phi) is 9.22. The van der Waals surface area contributed by atoms with Crippen molar-refractivity contribution in [3.63, 3.8) is 0 Å². The smallest absolute Gasteiger partial charge is 0.259 e. The number of benzene rings is 2. The number of nitrogens with zero attached hydrogens (tertiary/aromatic N) is 1. The molecule has 3 amide bonds. The zero-order valence-electron chi connectivity index (χ0n) is 19.5. The molecule has 5 heteroatoms. The molecular weight excluding hydrogens is 388 g/mol. The van der Waals surface area contributed by atoms with Crippen molar-refractivity contribution in [2.24, 2.45) is 0 Å². The summed E-state index contributed by atoms with van der Waals surface area (Å²) in [5.74, 6) is -0.136. The summed E-state index contributed by atoms with van der Waals surface area (Å²) >= 11 is 0. The van der Waals surface area contributed by atoms with Gasteiger partial charge in [-0.15, -0.1) is 0 Å². The summed E-state index contributed by atoms with van der Waals surface area (Å²) in [6.45, 7) is 10.4. The molecule has 0 aliphatic carbocycles. The van der Waals surface area contributed by atoms with Gasteiger partial charge in [-0.1, -0.05) is 72.1 Å². The molecule has 0 spiro atoms. The first-order chi connectivity index (χ1) is 15.1. The van der Waals surface area contributed by atoms with Gasteiger partial charge in [-0.25, -0.2) is 0 Å². The average molecular weight is 425 g/mol. The minimum atomic E-state index is -0.693. The van der Waals surface area contributed by atoms with E-state index in [4.69, 9.17) is 0 Å². The van der Waals surface area contributed by atoms with Crippen LogP contribution in [0.25, 0.3) is 10.8 Å². The third-order valence-electron chi connectivity index (χ3n) is 5.85. The summed E-state index contributed by atoms with van der Waals surface area (Å²) in [4.78, 5) is 38.3. The van der Waals surface area contributed by atoms with Gasteiger partial charge < -0.3 is 0 Å². The fraction of sp³-hybridized carbons (Fsp3) is 0.500. The Hall–Kier alpha value is -2.69. The summed E-state index contributed by atoms with van der Waals surface area (Å²) in [6.07, 6.45) is 6.07. The second kappa shape index (κ2) is 11.6. The number of amides is 3. The fourth-order valence-corrected chi connectivity index (χ4v) is 4.65. The van der Waals surface area contributed by atoms with Gasteiger partial charge in [0.15, 0.2) is 0 Å². The molecule has 0 saturated heterocycles. The van der Waals surface area contributed by atoms with E-state index in [1.807, 2.05) is 39.0 Å². The SMILES string of the molecule is CC.CCCC(CCC)c1ccc2c3c(cccc13)C(=O)N2C(CCC)C(=O)NC=O. The van der Waals surface area contributed by atoms with Gasteiger partial charge in [-0.05, 0) is 48.3 Å². The molecule has 0 aromatic heterocycles. The first-order valence-electron chi connectivity index (χ1n) is 11.7. The quantitative estimate of drug-likeness (QED) is 0.479. The number of imide groups is 1. The third kappa shape index (κ3) is 4.81. The van der Waals surface area contributed by atoms with Crippen molar-refractivity contribution in [2.45, 2.75) is 85.1 Å². The van der Waals surface area contributed by atoms with Crippen LogP contribution >= 0.6 is 0 Å². The van der Waals surface area contributed by atoms with Crippen molar-refractivity contribution in [2.75, 3.05) is 4.90 Å². The summed E-state index contributed by atoms with van der Waals surface area (Å²) in [7, 11) is 0. The van der Waals surface area contributed by atoms with Crippen LogP contribution in [0.5, 0.6) is 0 Å². The van der Waals surface area contributed by atoms with E-state index < -0.39 is 11.9 Å². The normalized spacial score (nSPS) is 13.2. The van der Waals surface area contributed by atoms with E-state index in [1.165, 1.54) is 5.56 Å². The molecule has 31 heavy (non-hydrogen) atoms. The highest BCUT2D eigenvalue weighted by Crippen LogP contribution is 2.43. The molecule has 3 rings (SSSR count). The minimum Gasteiger partial charge on any atom is -0.297 e. The summed E-state index contributed by atoms with van der Waals surface area (Å²) in [5, 5.41) is 4.28. The van der Waals surface area contributed by atoms with E-state index in [0.717, 1.165) is 48.6 Å². The van der Waals surface area contributed by atoms with E-state index in [2.05, 4.69) is 31.3 Å². The number of anilines is 1. The van der Waals surface area contributed by atoms with Gasteiger partial charge in [0, 0.05) is 10.9 Å². The van der Waals surface area contributed by atoms with Gasteiger partial charge >= 0.3 is 0 Å². The molecule has 2 aromatic rings. The van der Waals surface area contributed by atoms with Gasteiger partial charge in [-0.2, -0.15) is 0 Å². The molecule has 1 heterocycles. The molecule has 1 aliphatic rings. The Morgan fingerprint density at radius 3 is 2.23 bits per heavy atom. The van der Waals surface area contributed by atoms with Crippen LogP contribution in [-0.4, -0.2) is 24.3 Å². The summed E-state index contributed by atoms with van der Waals surface area (Å²) in [6, 6.07) is 9.29. The van der Waals surface area contributed by atoms with Crippen LogP contribution in [0.4, 0.5) is 5.69 Å². The standard InChI is InChI=1S/C24H30N2O3.C2H6/c1-4-8-16(9-5-2)17-13-14-20-22-18(17)11-7-12-19(22)24(29)26(20)21(10-6-3)23(28)25-15-27;1-2/h7,11-16,21H,4-6,8-10H2,1-3H3,(H,25,27,28);1-2H3. The first kappa shape index (κ1) is 24.6. The number of rotatable bonds is 10. The molecule has 1 aliphatic heterocycles. The van der Waals surface area contributed by atoms with E-state index in [-0.39, 0.29) is 5.91 Å². The number of nitrogens with one attached hydrogen (secondary N) is 1. The predicted molar refractivity (Wildman–Crippen MR) is 128 cm³/mol. The highest BCUT2D eigenvalue weighted by molar-refractivity contribution is 6.27. The lowest BCUT2D eigenvalue weighted by Crippen LogP contribution is -2.48. The molecule has 0 fully saturated rings. The van der Waals surface area contributed by atoms with Crippen LogP contribution in [-0.2, 0) is 9.59 Å². The molecule has 1 atom stereocenters. The van der Waals surface area contributed by atoms with E-state index in [9.17, 15) is 14.4 Å². The minimum absolute atomic E-state index is 0.162. The van der Waals surface area contributed by atoms with Crippen LogP contribution < -0.4 is 10.2 Å². The van der Waals surface area contributed by atoms with E-state index in [1.54, 1.807) is 4.90 Å². The van der Waals surface area contributed by atoms with Crippen LogP contribution in [0.3, 0.4) is 0 Å². The number of carbonyl (C=O) groups is 3. The lowest BCUT2D eigenvalue weighted by Gasteiger charge is -2.27. The van der Waals surface area contributed by atoms with E-state index >= 15 is 0 Å². The Morgan fingerprint density at radius 2 is 1.65 bits per heavy atom. The zero-order valence-corrected chi connectivity index (χ0v) is 19.5. The van der Waals surface area contributed by atoms with Crippen LogP contribution in [0, 0.1) is 0 Å². The van der Waals surface area contributed by atoms with Gasteiger partial charge in [0.05, 0.1) is 5.69 Å². The van der Waals surface area contributed by atoms with E-state index in [0.29, 0.717) is 24.3 Å². The molecule has 0 radical (unpaired) electrons. The van der Waals surface area contributed by atoms with Gasteiger partial charge in [0.25, 0.3) is 5.91 Å². The Bertz CT molecular complexity index is 916. The first-order valence-corrected chi connectivity index (χ1v) is 11.7. The molecule has 1 N–H and O–H groups in total. The Labute approximate surface area is 186 Å².